The van der Waals surface area contributed by atoms with E-state index in [0.717, 1.165) is 37.4 Å². The Bertz CT molecular complexity index is 396. The smallest absolute Gasteiger partial charge is 0.312 e. The molecular formula is C14H21F3N2S. The van der Waals surface area contributed by atoms with Crippen molar-refractivity contribution in [2.45, 2.75) is 50.4 Å². The van der Waals surface area contributed by atoms with Crippen LogP contribution in [-0.4, -0.2) is 22.8 Å². The quantitative estimate of drug-likeness (QED) is 0.624. The third-order valence-corrected chi connectivity index (χ3v) is 3.57. The predicted octanol–water partition coefficient (Wildman–Crippen LogP) is 4.36. The summed E-state index contributed by atoms with van der Waals surface area (Å²) in [5, 5.41) is 4.04. The summed E-state index contributed by atoms with van der Waals surface area (Å²) in [6.07, 6.45) is -1.36. The first-order valence-electron chi connectivity index (χ1n) is 6.59. The highest BCUT2D eigenvalue weighted by molar-refractivity contribution is 7.99. The Morgan fingerprint density at radius 1 is 1.15 bits per heavy atom. The molecule has 0 atom stereocenters. The van der Waals surface area contributed by atoms with Crippen LogP contribution in [0.3, 0.4) is 0 Å². The maximum atomic E-state index is 12.4. The molecule has 20 heavy (non-hydrogen) atoms. The average molecular weight is 306 g/mol. The minimum absolute atomic E-state index is 0.127. The third kappa shape index (κ3) is 7.14. The first-order chi connectivity index (χ1) is 9.18. The van der Waals surface area contributed by atoms with Gasteiger partial charge >= 0.3 is 6.18 Å². The summed E-state index contributed by atoms with van der Waals surface area (Å²) in [5.74, 6) is 0.865. The van der Waals surface area contributed by atoms with Crippen molar-refractivity contribution in [3.8, 4) is 0 Å². The van der Waals surface area contributed by atoms with Gasteiger partial charge in [-0.2, -0.15) is 13.2 Å². The van der Waals surface area contributed by atoms with Gasteiger partial charge in [0.2, 0.25) is 0 Å². The fourth-order valence-electron chi connectivity index (χ4n) is 1.50. The zero-order valence-corrected chi connectivity index (χ0v) is 12.9. The Morgan fingerprint density at radius 3 is 2.35 bits per heavy atom. The lowest BCUT2D eigenvalue weighted by Crippen LogP contribution is -2.36. The number of nitrogens with one attached hydrogen (secondary N) is 1. The highest BCUT2D eigenvalue weighted by Gasteiger charge is 2.30. The first-order valence-corrected chi connectivity index (χ1v) is 7.58. The van der Waals surface area contributed by atoms with E-state index in [1.165, 1.54) is 17.8 Å². The number of unbranched alkanes of at least 4 members (excludes halogenated alkanes) is 1. The van der Waals surface area contributed by atoms with E-state index in [0.29, 0.717) is 5.03 Å². The van der Waals surface area contributed by atoms with Crippen LogP contribution in [0.2, 0.25) is 0 Å². The lowest BCUT2D eigenvalue weighted by Gasteiger charge is -2.20. The number of nitrogens with zero attached hydrogens (tertiary/aromatic N) is 1. The number of hydrogen-bond donors (Lipinski definition) is 1. The van der Waals surface area contributed by atoms with Crippen molar-refractivity contribution in [3.63, 3.8) is 0 Å². The lowest BCUT2D eigenvalue weighted by atomic mass is 10.1. The second-order valence-corrected chi connectivity index (χ2v) is 6.73. The van der Waals surface area contributed by atoms with Crippen LogP contribution in [0.25, 0.3) is 0 Å². The van der Waals surface area contributed by atoms with Gasteiger partial charge in [0, 0.05) is 11.7 Å². The van der Waals surface area contributed by atoms with Crippen LogP contribution in [0, 0.1) is 0 Å². The molecule has 2 nitrogen and oxygen atoms in total. The number of halogens is 3. The van der Waals surface area contributed by atoms with Gasteiger partial charge in [0.25, 0.3) is 0 Å². The number of hydrogen-bond acceptors (Lipinski definition) is 3. The minimum atomic E-state index is -4.31. The van der Waals surface area contributed by atoms with E-state index in [4.69, 9.17) is 0 Å². The SMILES string of the molecule is CC(C)(C)NCCCCSc1ccc(C(F)(F)F)cn1. The van der Waals surface area contributed by atoms with Gasteiger partial charge in [-0.25, -0.2) is 4.98 Å². The van der Waals surface area contributed by atoms with Crippen molar-refractivity contribution in [3.05, 3.63) is 23.9 Å². The van der Waals surface area contributed by atoms with Crippen LogP contribution >= 0.6 is 11.8 Å². The lowest BCUT2D eigenvalue weighted by molar-refractivity contribution is -0.137. The number of aromatic nitrogens is 1. The largest absolute Gasteiger partial charge is 0.417 e. The molecule has 114 valence electrons. The molecule has 1 heterocycles. The standard InChI is InChI=1S/C14H21F3N2S/c1-13(2,3)19-8-4-5-9-20-12-7-6-11(10-18-12)14(15,16)17/h6-7,10,19H,4-5,8-9H2,1-3H3. The van der Waals surface area contributed by atoms with Crippen LogP contribution < -0.4 is 5.32 Å². The van der Waals surface area contributed by atoms with E-state index in [1.807, 2.05) is 0 Å². The summed E-state index contributed by atoms with van der Waals surface area (Å²) in [6.45, 7) is 7.31. The van der Waals surface area contributed by atoms with E-state index in [1.54, 1.807) is 0 Å². The molecule has 0 unspecified atom stereocenters. The van der Waals surface area contributed by atoms with Crippen LogP contribution in [0.5, 0.6) is 0 Å². The van der Waals surface area contributed by atoms with Gasteiger partial charge in [-0.1, -0.05) is 0 Å². The van der Waals surface area contributed by atoms with Gasteiger partial charge in [0.15, 0.2) is 0 Å². The van der Waals surface area contributed by atoms with Crippen molar-refractivity contribution in [1.82, 2.24) is 10.3 Å². The molecule has 0 aliphatic rings. The summed E-state index contributed by atoms with van der Waals surface area (Å²) < 4.78 is 37.1. The normalized spacial score (nSPS) is 12.7. The van der Waals surface area contributed by atoms with E-state index < -0.39 is 11.7 Å². The molecule has 0 fully saturated rings. The first kappa shape index (κ1) is 17.3. The zero-order chi connectivity index (χ0) is 15.2. The second kappa shape index (κ2) is 7.31. The molecule has 0 bridgehead atoms. The molecular weight excluding hydrogens is 285 g/mol. The summed E-state index contributed by atoms with van der Waals surface area (Å²) in [6, 6.07) is 2.51. The molecule has 0 amide bonds. The minimum Gasteiger partial charge on any atom is -0.312 e. The number of alkyl halides is 3. The number of rotatable bonds is 6. The fraction of sp³-hybridized carbons (Fsp3) is 0.643. The summed E-state index contributed by atoms with van der Waals surface area (Å²) in [7, 11) is 0. The molecule has 0 aliphatic carbocycles. The molecule has 1 aromatic rings. The van der Waals surface area contributed by atoms with Crippen LogP contribution in [0.15, 0.2) is 23.4 Å². The van der Waals surface area contributed by atoms with Crippen LogP contribution in [0.4, 0.5) is 13.2 Å². The van der Waals surface area contributed by atoms with Crippen molar-refractivity contribution in [1.29, 1.82) is 0 Å². The maximum Gasteiger partial charge on any atom is 0.417 e. The third-order valence-electron chi connectivity index (χ3n) is 2.54. The van der Waals surface area contributed by atoms with Crippen molar-refractivity contribution in [2.75, 3.05) is 12.3 Å². The van der Waals surface area contributed by atoms with E-state index in [9.17, 15) is 13.2 Å². The van der Waals surface area contributed by atoms with Gasteiger partial charge in [-0.15, -0.1) is 11.8 Å². The Balaban J connectivity index is 2.23. The van der Waals surface area contributed by atoms with Crippen molar-refractivity contribution in [2.24, 2.45) is 0 Å². The molecule has 0 spiro atoms. The summed E-state index contributed by atoms with van der Waals surface area (Å²) >= 11 is 1.49. The molecule has 0 aliphatic heterocycles. The van der Waals surface area contributed by atoms with Gasteiger partial charge in [-0.3, -0.25) is 0 Å². The number of pyridine rings is 1. The molecule has 1 N–H and O–H groups in total. The monoisotopic (exact) mass is 306 g/mol. The molecule has 0 radical (unpaired) electrons. The topological polar surface area (TPSA) is 24.9 Å². The van der Waals surface area contributed by atoms with Crippen molar-refractivity contribution < 1.29 is 13.2 Å². The Morgan fingerprint density at radius 2 is 1.85 bits per heavy atom. The second-order valence-electron chi connectivity index (χ2n) is 5.62. The van der Waals surface area contributed by atoms with Crippen molar-refractivity contribution >= 4 is 11.8 Å². The molecule has 1 rings (SSSR count). The van der Waals surface area contributed by atoms with Crippen LogP contribution in [-0.2, 0) is 6.18 Å². The average Bonchev–Trinajstić information content (AvgIpc) is 2.32. The van der Waals surface area contributed by atoms with E-state index >= 15 is 0 Å². The molecule has 1 aromatic heterocycles. The fourth-order valence-corrected chi connectivity index (χ4v) is 2.35. The Kier molecular flexibility index (Phi) is 6.33. The highest BCUT2D eigenvalue weighted by atomic mass is 32.2. The van der Waals surface area contributed by atoms with E-state index in [-0.39, 0.29) is 5.54 Å². The predicted molar refractivity (Wildman–Crippen MR) is 77.0 cm³/mol. The molecule has 6 heteroatoms. The zero-order valence-electron chi connectivity index (χ0n) is 12.0. The van der Waals surface area contributed by atoms with Gasteiger partial charge < -0.3 is 5.32 Å². The van der Waals surface area contributed by atoms with Crippen LogP contribution in [0.1, 0.15) is 39.2 Å². The van der Waals surface area contributed by atoms with Gasteiger partial charge in [-0.05, 0) is 58.0 Å². The highest BCUT2D eigenvalue weighted by Crippen LogP contribution is 2.29. The summed E-state index contributed by atoms with van der Waals surface area (Å²) in [4.78, 5) is 3.83. The maximum absolute atomic E-state index is 12.4. The number of thioether (sulfide) groups is 1. The van der Waals surface area contributed by atoms with Gasteiger partial charge in [0.1, 0.15) is 0 Å². The van der Waals surface area contributed by atoms with E-state index in [2.05, 4.69) is 31.1 Å². The van der Waals surface area contributed by atoms with Gasteiger partial charge in [0.05, 0.1) is 10.6 Å². The Labute approximate surface area is 122 Å². The molecule has 0 saturated carbocycles. The molecule has 0 aromatic carbocycles. The summed E-state index contributed by atoms with van der Waals surface area (Å²) in [5.41, 5.74) is -0.571. The Hall–Kier alpha value is -0.750. The molecule has 0 saturated heterocycles.